The van der Waals surface area contributed by atoms with E-state index in [0.29, 0.717) is 13.0 Å². The molecule has 1 rings (SSSR count). The molecule has 1 atom stereocenters. The van der Waals surface area contributed by atoms with E-state index < -0.39 is 17.2 Å². The number of amides is 1. The summed E-state index contributed by atoms with van der Waals surface area (Å²) in [7, 11) is 0. The molecule has 0 aromatic heterocycles. The van der Waals surface area contributed by atoms with Gasteiger partial charge in [-0.3, -0.25) is 9.69 Å². The molecule has 0 N–H and O–H groups in total. The SMILES string of the molecule is C=CCC(=O)[C@@]1(C)CCCN1C(=O)OC(C)(C)C. The first-order chi connectivity index (χ1) is 8.20. The van der Waals surface area contributed by atoms with Crippen molar-refractivity contribution < 1.29 is 14.3 Å². The van der Waals surface area contributed by atoms with Gasteiger partial charge in [-0.05, 0) is 40.5 Å². The predicted molar refractivity (Wildman–Crippen MR) is 70.4 cm³/mol. The molecule has 4 heteroatoms. The predicted octanol–water partition coefficient (Wildman–Crippen LogP) is 2.92. The van der Waals surface area contributed by atoms with Crippen LogP contribution in [0.3, 0.4) is 0 Å². The average Bonchev–Trinajstić information content (AvgIpc) is 2.59. The smallest absolute Gasteiger partial charge is 0.411 e. The van der Waals surface area contributed by atoms with Crippen LogP contribution in [0.2, 0.25) is 0 Å². The van der Waals surface area contributed by atoms with Gasteiger partial charge < -0.3 is 4.74 Å². The molecule has 0 bridgehead atoms. The topological polar surface area (TPSA) is 46.6 Å². The summed E-state index contributed by atoms with van der Waals surface area (Å²) < 4.78 is 5.35. The lowest BCUT2D eigenvalue weighted by Crippen LogP contribution is -2.52. The zero-order chi connectivity index (χ0) is 14.0. The Morgan fingerprint density at radius 3 is 2.56 bits per heavy atom. The van der Waals surface area contributed by atoms with Crippen LogP contribution in [0, 0.1) is 0 Å². The Kier molecular flexibility index (Phi) is 4.20. The molecule has 1 aliphatic heterocycles. The average molecular weight is 253 g/mol. The van der Waals surface area contributed by atoms with Crippen LogP contribution in [0.4, 0.5) is 4.79 Å². The monoisotopic (exact) mass is 253 g/mol. The van der Waals surface area contributed by atoms with Crippen molar-refractivity contribution in [3.8, 4) is 0 Å². The van der Waals surface area contributed by atoms with Crippen LogP contribution in [0.25, 0.3) is 0 Å². The molecule has 1 amide bonds. The number of rotatable bonds is 3. The maximum atomic E-state index is 12.1. The number of nitrogens with zero attached hydrogens (tertiary/aromatic N) is 1. The van der Waals surface area contributed by atoms with Gasteiger partial charge in [-0.15, -0.1) is 6.58 Å². The van der Waals surface area contributed by atoms with Crippen molar-refractivity contribution in [3.05, 3.63) is 12.7 Å². The van der Waals surface area contributed by atoms with Crippen molar-refractivity contribution in [2.45, 2.75) is 58.1 Å². The maximum absolute atomic E-state index is 12.1. The third-order valence-corrected chi connectivity index (χ3v) is 3.19. The summed E-state index contributed by atoms with van der Waals surface area (Å²) in [5.74, 6) is 0.0286. The molecule has 4 nitrogen and oxygen atoms in total. The zero-order valence-corrected chi connectivity index (χ0v) is 11.8. The molecule has 18 heavy (non-hydrogen) atoms. The minimum absolute atomic E-state index is 0.0286. The number of Topliss-reactive ketones (excluding diaryl/α,β-unsaturated/α-hetero) is 1. The van der Waals surface area contributed by atoms with Crippen LogP contribution in [-0.4, -0.2) is 34.5 Å². The second-order valence-corrected chi connectivity index (χ2v) is 5.93. The van der Waals surface area contributed by atoms with Gasteiger partial charge >= 0.3 is 6.09 Å². The molecular formula is C14H23NO3. The molecule has 102 valence electrons. The lowest BCUT2D eigenvalue weighted by molar-refractivity contribution is -0.127. The van der Waals surface area contributed by atoms with Crippen molar-refractivity contribution in [2.75, 3.05) is 6.54 Å². The lowest BCUT2D eigenvalue weighted by Gasteiger charge is -2.35. The molecule has 0 spiro atoms. The Balaban J connectivity index is 2.84. The van der Waals surface area contributed by atoms with Crippen LogP contribution in [0.5, 0.6) is 0 Å². The minimum Gasteiger partial charge on any atom is -0.444 e. The number of hydrogen-bond acceptors (Lipinski definition) is 3. The van der Waals surface area contributed by atoms with Crippen molar-refractivity contribution in [1.29, 1.82) is 0 Å². The summed E-state index contributed by atoms with van der Waals surface area (Å²) in [5.41, 5.74) is -1.28. The van der Waals surface area contributed by atoms with E-state index >= 15 is 0 Å². The molecule has 0 unspecified atom stereocenters. The van der Waals surface area contributed by atoms with Crippen molar-refractivity contribution >= 4 is 11.9 Å². The number of carbonyl (C=O) groups excluding carboxylic acids is 2. The van der Waals surface area contributed by atoms with Gasteiger partial charge in [0, 0.05) is 13.0 Å². The number of hydrogen-bond donors (Lipinski definition) is 0. The third-order valence-electron chi connectivity index (χ3n) is 3.19. The van der Waals surface area contributed by atoms with E-state index in [0.717, 1.165) is 6.42 Å². The normalized spacial score (nSPS) is 23.9. The number of carbonyl (C=O) groups is 2. The van der Waals surface area contributed by atoms with Crippen molar-refractivity contribution in [2.24, 2.45) is 0 Å². The fourth-order valence-electron chi connectivity index (χ4n) is 2.21. The molecule has 1 fully saturated rings. The van der Waals surface area contributed by atoms with Gasteiger partial charge in [0.25, 0.3) is 0 Å². The van der Waals surface area contributed by atoms with Gasteiger partial charge in [0.05, 0.1) is 0 Å². The van der Waals surface area contributed by atoms with E-state index in [2.05, 4.69) is 6.58 Å². The number of ketones is 1. The minimum atomic E-state index is -0.740. The van der Waals surface area contributed by atoms with Crippen molar-refractivity contribution in [1.82, 2.24) is 4.90 Å². The number of allylic oxidation sites excluding steroid dienone is 1. The summed E-state index contributed by atoms with van der Waals surface area (Å²) in [5, 5.41) is 0. The fourth-order valence-corrected chi connectivity index (χ4v) is 2.21. The van der Waals surface area contributed by atoms with E-state index in [1.165, 1.54) is 0 Å². The fraction of sp³-hybridized carbons (Fsp3) is 0.714. The van der Waals surface area contributed by atoms with E-state index in [1.54, 1.807) is 11.0 Å². The van der Waals surface area contributed by atoms with Gasteiger partial charge in [-0.2, -0.15) is 0 Å². The molecule has 0 aliphatic carbocycles. The molecule has 1 heterocycles. The third kappa shape index (κ3) is 3.12. The molecule has 1 saturated heterocycles. The van der Waals surface area contributed by atoms with Crippen LogP contribution in [0.15, 0.2) is 12.7 Å². The molecule has 0 saturated carbocycles. The second kappa shape index (κ2) is 5.12. The van der Waals surface area contributed by atoms with E-state index in [9.17, 15) is 9.59 Å². The van der Waals surface area contributed by atoms with Gasteiger partial charge in [-0.1, -0.05) is 6.08 Å². The van der Waals surface area contributed by atoms with E-state index in [4.69, 9.17) is 4.74 Å². The van der Waals surface area contributed by atoms with Gasteiger partial charge in [0.2, 0.25) is 0 Å². The Hall–Kier alpha value is -1.32. The first-order valence-corrected chi connectivity index (χ1v) is 6.35. The van der Waals surface area contributed by atoms with Crippen molar-refractivity contribution in [3.63, 3.8) is 0 Å². The van der Waals surface area contributed by atoms with Crippen LogP contribution in [0.1, 0.15) is 47.0 Å². The second-order valence-electron chi connectivity index (χ2n) is 5.93. The van der Waals surface area contributed by atoms with E-state index in [-0.39, 0.29) is 12.2 Å². The van der Waals surface area contributed by atoms with Gasteiger partial charge in [0.1, 0.15) is 11.1 Å². The highest BCUT2D eigenvalue weighted by atomic mass is 16.6. The standard InChI is InChI=1S/C14H23NO3/c1-6-8-11(16)14(5)9-7-10-15(14)12(17)18-13(2,3)4/h6H,1,7-10H2,2-5H3/t14-/m1/s1. The zero-order valence-electron chi connectivity index (χ0n) is 11.8. The maximum Gasteiger partial charge on any atom is 0.411 e. The molecular weight excluding hydrogens is 230 g/mol. The molecule has 0 aromatic rings. The highest BCUT2D eigenvalue weighted by Gasteiger charge is 2.46. The quantitative estimate of drug-likeness (QED) is 0.726. The molecule has 0 radical (unpaired) electrons. The highest BCUT2D eigenvalue weighted by molar-refractivity contribution is 5.92. The number of likely N-dealkylation sites (tertiary alicyclic amines) is 1. The Morgan fingerprint density at radius 2 is 2.06 bits per heavy atom. The van der Waals surface area contributed by atoms with Crippen LogP contribution in [-0.2, 0) is 9.53 Å². The van der Waals surface area contributed by atoms with Gasteiger partial charge in [0.15, 0.2) is 5.78 Å². The lowest BCUT2D eigenvalue weighted by atomic mass is 9.91. The summed E-state index contributed by atoms with van der Waals surface area (Å²) in [6.45, 7) is 11.4. The van der Waals surface area contributed by atoms with Crippen LogP contribution >= 0.6 is 0 Å². The van der Waals surface area contributed by atoms with Gasteiger partial charge in [-0.25, -0.2) is 4.79 Å². The van der Waals surface area contributed by atoms with Crippen LogP contribution < -0.4 is 0 Å². The first kappa shape index (κ1) is 14.7. The number of ether oxygens (including phenoxy) is 1. The summed E-state index contributed by atoms with van der Waals surface area (Å²) in [6.07, 6.45) is 2.99. The summed E-state index contributed by atoms with van der Waals surface area (Å²) in [6, 6.07) is 0. The molecule has 0 aromatic carbocycles. The highest BCUT2D eigenvalue weighted by Crippen LogP contribution is 2.32. The first-order valence-electron chi connectivity index (χ1n) is 6.35. The Labute approximate surface area is 109 Å². The Bertz CT molecular complexity index is 357. The summed E-state index contributed by atoms with van der Waals surface area (Å²) in [4.78, 5) is 25.8. The largest absolute Gasteiger partial charge is 0.444 e. The molecule has 1 aliphatic rings. The van der Waals surface area contributed by atoms with E-state index in [1.807, 2.05) is 27.7 Å². The summed E-state index contributed by atoms with van der Waals surface area (Å²) >= 11 is 0. The Morgan fingerprint density at radius 1 is 1.44 bits per heavy atom.